The second-order valence-corrected chi connectivity index (χ2v) is 7.81. The van der Waals surface area contributed by atoms with Crippen molar-refractivity contribution in [2.45, 2.75) is 6.61 Å². The Labute approximate surface area is 200 Å². The van der Waals surface area contributed by atoms with Crippen molar-refractivity contribution in [2.75, 3.05) is 11.9 Å². The number of anilines is 1. The van der Waals surface area contributed by atoms with Gasteiger partial charge in [-0.25, -0.2) is 4.79 Å². The molecule has 0 aliphatic rings. The fourth-order valence-electron chi connectivity index (χ4n) is 2.58. The number of carbonyl (C=O) groups is 2. The van der Waals surface area contributed by atoms with Crippen LogP contribution in [-0.4, -0.2) is 18.5 Å². The van der Waals surface area contributed by atoms with E-state index < -0.39 is 18.5 Å². The molecule has 3 rings (SSSR count). The topological polar surface area (TPSA) is 64.6 Å². The molecule has 0 saturated heterocycles. The van der Waals surface area contributed by atoms with Crippen LogP contribution >= 0.6 is 34.8 Å². The Morgan fingerprint density at radius 3 is 2.41 bits per heavy atom. The van der Waals surface area contributed by atoms with Gasteiger partial charge in [0.15, 0.2) is 6.61 Å². The zero-order valence-electron chi connectivity index (χ0n) is 16.7. The highest BCUT2D eigenvalue weighted by atomic mass is 35.5. The van der Waals surface area contributed by atoms with Gasteiger partial charge in [-0.05, 0) is 48.0 Å². The summed E-state index contributed by atoms with van der Waals surface area (Å²) >= 11 is 18.0. The standard InChI is InChI=1S/C24H18Cl3NO4/c25-18-8-11-21(27)22(13-18)28-23(29)15-32-24(30)12-7-16-5-9-19(10-6-16)31-14-17-3-1-2-4-20(17)26/h1-13H,14-15H2,(H,28,29)/b12-7+. The lowest BCUT2D eigenvalue weighted by Gasteiger charge is -2.08. The summed E-state index contributed by atoms with van der Waals surface area (Å²) in [6, 6.07) is 19.3. The third-order valence-corrected chi connectivity index (χ3v) is 5.13. The summed E-state index contributed by atoms with van der Waals surface area (Å²) in [7, 11) is 0. The van der Waals surface area contributed by atoms with Gasteiger partial charge in [0.1, 0.15) is 12.4 Å². The molecule has 32 heavy (non-hydrogen) atoms. The average molecular weight is 491 g/mol. The monoisotopic (exact) mass is 489 g/mol. The molecule has 0 bridgehead atoms. The lowest BCUT2D eigenvalue weighted by Crippen LogP contribution is -2.20. The maximum atomic E-state index is 11.9. The van der Waals surface area contributed by atoms with Crippen molar-refractivity contribution in [3.63, 3.8) is 0 Å². The third kappa shape index (κ3) is 7.31. The molecule has 0 atom stereocenters. The smallest absolute Gasteiger partial charge is 0.331 e. The molecular formula is C24H18Cl3NO4. The summed E-state index contributed by atoms with van der Waals surface area (Å²) in [6.45, 7) is -0.107. The van der Waals surface area contributed by atoms with Crippen LogP contribution < -0.4 is 10.1 Å². The number of carbonyl (C=O) groups excluding carboxylic acids is 2. The first kappa shape index (κ1) is 23.7. The van der Waals surface area contributed by atoms with Gasteiger partial charge in [0.05, 0.1) is 10.7 Å². The second kappa shape index (κ2) is 11.6. The highest BCUT2D eigenvalue weighted by molar-refractivity contribution is 6.35. The fourth-order valence-corrected chi connectivity index (χ4v) is 3.11. The lowest BCUT2D eigenvalue weighted by molar-refractivity contribution is -0.142. The first-order valence-electron chi connectivity index (χ1n) is 9.47. The largest absolute Gasteiger partial charge is 0.489 e. The van der Waals surface area contributed by atoms with Gasteiger partial charge in [0.2, 0.25) is 0 Å². The van der Waals surface area contributed by atoms with Gasteiger partial charge in [-0.1, -0.05) is 65.1 Å². The summed E-state index contributed by atoms with van der Waals surface area (Å²) in [4.78, 5) is 23.8. The Kier molecular flexibility index (Phi) is 8.56. The molecule has 0 spiro atoms. The molecule has 5 nitrogen and oxygen atoms in total. The molecular weight excluding hydrogens is 473 g/mol. The molecule has 3 aromatic carbocycles. The quantitative estimate of drug-likeness (QED) is 0.292. The lowest BCUT2D eigenvalue weighted by atomic mass is 10.2. The molecule has 0 unspecified atom stereocenters. The van der Waals surface area contributed by atoms with Gasteiger partial charge in [-0.2, -0.15) is 0 Å². The molecule has 0 saturated carbocycles. The molecule has 0 heterocycles. The SMILES string of the molecule is O=C(COC(=O)/C=C/c1ccc(OCc2ccccc2Cl)cc1)Nc1cc(Cl)ccc1Cl. The predicted octanol–water partition coefficient (Wildman–Crippen LogP) is 6.42. The van der Waals surface area contributed by atoms with Crippen LogP contribution in [0.2, 0.25) is 15.1 Å². The normalized spacial score (nSPS) is 10.7. The van der Waals surface area contributed by atoms with Crippen LogP contribution in [0.25, 0.3) is 6.08 Å². The zero-order valence-corrected chi connectivity index (χ0v) is 19.0. The van der Waals surface area contributed by atoms with Gasteiger partial charge >= 0.3 is 5.97 Å². The molecule has 0 aliphatic carbocycles. The van der Waals surface area contributed by atoms with Crippen LogP contribution in [0.1, 0.15) is 11.1 Å². The number of benzene rings is 3. The van der Waals surface area contributed by atoms with E-state index in [1.807, 2.05) is 24.3 Å². The average Bonchev–Trinajstić information content (AvgIpc) is 2.79. The van der Waals surface area contributed by atoms with Crippen LogP contribution in [0.3, 0.4) is 0 Å². The molecule has 1 amide bonds. The van der Waals surface area contributed by atoms with Crippen LogP contribution in [-0.2, 0) is 20.9 Å². The van der Waals surface area contributed by atoms with Crippen LogP contribution in [0.4, 0.5) is 5.69 Å². The van der Waals surface area contributed by atoms with Crippen LogP contribution in [0, 0.1) is 0 Å². The van der Waals surface area contributed by atoms with Crippen molar-refractivity contribution in [1.82, 2.24) is 0 Å². The molecule has 8 heteroatoms. The van der Waals surface area contributed by atoms with Gasteiger partial charge in [0, 0.05) is 21.7 Å². The molecule has 1 N–H and O–H groups in total. The van der Waals surface area contributed by atoms with Crippen molar-refractivity contribution in [1.29, 1.82) is 0 Å². The van der Waals surface area contributed by atoms with E-state index in [1.165, 1.54) is 12.1 Å². The highest BCUT2D eigenvalue weighted by Crippen LogP contribution is 2.25. The summed E-state index contributed by atoms with van der Waals surface area (Å²) < 4.78 is 10.7. The first-order valence-corrected chi connectivity index (χ1v) is 10.6. The number of esters is 1. The Bertz CT molecular complexity index is 1130. The first-order chi connectivity index (χ1) is 15.4. The van der Waals surface area contributed by atoms with E-state index in [4.69, 9.17) is 44.3 Å². The van der Waals surface area contributed by atoms with Gasteiger partial charge in [0.25, 0.3) is 5.91 Å². The number of rotatable bonds is 8. The fraction of sp³-hybridized carbons (Fsp3) is 0.0833. The zero-order chi connectivity index (χ0) is 22.9. The number of halogens is 3. The van der Waals surface area contributed by atoms with Gasteiger partial charge in [-0.15, -0.1) is 0 Å². The van der Waals surface area contributed by atoms with Gasteiger partial charge in [-0.3, -0.25) is 4.79 Å². The van der Waals surface area contributed by atoms with E-state index in [2.05, 4.69) is 5.32 Å². The Hall–Kier alpha value is -2.99. The number of ether oxygens (including phenoxy) is 2. The van der Waals surface area contributed by atoms with Crippen molar-refractivity contribution >= 4 is 58.4 Å². The summed E-state index contributed by atoms with van der Waals surface area (Å²) in [6.07, 6.45) is 2.81. The third-order valence-electron chi connectivity index (χ3n) is 4.19. The van der Waals surface area contributed by atoms with Crippen LogP contribution in [0.5, 0.6) is 5.75 Å². The maximum Gasteiger partial charge on any atom is 0.331 e. The maximum absolute atomic E-state index is 11.9. The van der Waals surface area contributed by atoms with Gasteiger partial charge < -0.3 is 14.8 Å². The molecule has 0 aliphatic heterocycles. The Morgan fingerprint density at radius 1 is 0.906 bits per heavy atom. The second-order valence-electron chi connectivity index (χ2n) is 6.56. The molecule has 0 fully saturated rings. The van der Waals surface area contributed by atoms with Crippen molar-refractivity contribution in [3.05, 3.63) is 99.0 Å². The van der Waals surface area contributed by atoms with Crippen molar-refractivity contribution in [2.24, 2.45) is 0 Å². The van der Waals surface area contributed by atoms with E-state index in [0.29, 0.717) is 33.1 Å². The number of hydrogen-bond acceptors (Lipinski definition) is 4. The van der Waals surface area contributed by atoms with Crippen LogP contribution in [0.15, 0.2) is 72.8 Å². The highest BCUT2D eigenvalue weighted by Gasteiger charge is 2.09. The Balaban J connectivity index is 1.45. The van der Waals surface area contributed by atoms with E-state index >= 15 is 0 Å². The number of nitrogens with one attached hydrogen (secondary N) is 1. The van der Waals surface area contributed by atoms with E-state index in [-0.39, 0.29) is 0 Å². The number of hydrogen-bond donors (Lipinski definition) is 1. The van der Waals surface area contributed by atoms with E-state index in [1.54, 1.807) is 42.5 Å². The predicted molar refractivity (Wildman–Crippen MR) is 127 cm³/mol. The summed E-state index contributed by atoms with van der Waals surface area (Å²) in [5.74, 6) is -0.520. The summed E-state index contributed by atoms with van der Waals surface area (Å²) in [5, 5.41) is 3.93. The Morgan fingerprint density at radius 2 is 1.66 bits per heavy atom. The van der Waals surface area contributed by atoms with Crippen molar-refractivity contribution < 1.29 is 19.1 Å². The molecule has 0 radical (unpaired) electrons. The van der Waals surface area contributed by atoms with Crippen molar-refractivity contribution in [3.8, 4) is 5.75 Å². The minimum atomic E-state index is -0.656. The number of amides is 1. The summed E-state index contributed by atoms with van der Waals surface area (Å²) in [5.41, 5.74) is 2.00. The molecule has 3 aromatic rings. The molecule has 164 valence electrons. The molecule has 0 aromatic heterocycles. The van der Waals surface area contributed by atoms with E-state index in [9.17, 15) is 9.59 Å². The van der Waals surface area contributed by atoms with E-state index in [0.717, 1.165) is 11.1 Å². The minimum absolute atomic E-state index is 0.327. The minimum Gasteiger partial charge on any atom is -0.489 e.